The molecule has 1 rings (SSSR count). The Morgan fingerprint density at radius 1 is 1.47 bits per heavy atom. The summed E-state index contributed by atoms with van der Waals surface area (Å²) in [5.74, 6) is -1.12. The van der Waals surface area contributed by atoms with Gasteiger partial charge in [0.1, 0.15) is 6.54 Å². The molecule has 1 heterocycles. The Morgan fingerprint density at radius 3 is 2.53 bits per heavy atom. The van der Waals surface area contributed by atoms with E-state index in [1.54, 1.807) is 6.07 Å². The van der Waals surface area contributed by atoms with E-state index < -0.39 is 11.9 Å². The number of carbonyl (C=O) groups excluding carboxylic acids is 1. The third kappa shape index (κ3) is 4.22. The van der Waals surface area contributed by atoms with Gasteiger partial charge in [-0.15, -0.1) is 0 Å². The molecule has 0 saturated heterocycles. The summed E-state index contributed by atoms with van der Waals surface area (Å²) in [6.45, 7) is 3.89. The molecule has 0 spiro atoms. The number of halogens is 1. The van der Waals surface area contributed by atoms with Crippen molar-refractivity contribution in [2.75, 3.05) is 13.1 Å². The van der Waals surface area contributed by atoms with Crippen molar-refractivity contribution >= 4 is 27.8 Å². The number of hydrogen-bond donors (Lipinski definition) is 1. The molecular formula is C11H14BrNO4. The molecule has 0 aromatic carbocycles. The monoisotopic (exact) mass is 303 g/mol. The van der Waals surface area contributed by atoms with Gasteiger partial charge in [-0.1, -0.05) is 13.8 Å². The largest absolute Gasteiger partial charge is 0.480 e. The fraction of sp³-hybridized carbons (Fsp3) is 0.455. The third-order valence-electron chi connectivity index (χ3n) is 1.98. The minimum Gasteiger partial charge on any atom is -0.480 e. The average molecular weight is 304 g/mol. The summed E-state index contributed by atoms with van der Waals surface area (Å²) < 4.78 is 5.57. The molecule has 0 atom stereocenters. The Bertz CT molecular complexity index is 413. The second kappa shape index (κ2) is 5.86. The number of carboxylic acids is 1. The predicted molar refractivity (Wildman–Crippen MR) is 64.8 cm³/mol. The van der Waals surface area contributed by atoms with Gasteiger partial charge >= 0.3 is 5.97 Å². The number of amides is 1. The van der Waals surface area contributed by atoms with Gasteiger partial charge in [0.05, 0.1) is 0 Å². The Labute approximate surface area is 108 Å². The molecule has 5 nitrogen and oxygen atoms in total. The topological polar surface area (TPSA) is 70.8 Å². The highest BCUT2D eigenvalue weighted by Gasteiger charge is 2.22. The number of carbonyl (C=O) groups is 2. The van der Waals surface area contributed by atoms with Gasteiger partial charge in [0.15, 0.2) is 10.4 Å². The van der Waals surface area contributed by atoms with E-state index in [1.165, 1.54) is 11.0 Å². The number of aliphatic carboxylic acids is 1. The number of hydrogen-bond acceptors (Lipinski definition) is 3. The van der Waals surface area contributed by atoms with E-state index >= 15 is 0 Å². The van der Waals surface area contributed by atoms with Gasteiger partial charge in [-0.3, -0.25) is 9.59 Å². The van der Waals surface area contributed by atoms with Crippen LogP contribution in [-0.4, -0.2) is 35.0 Å². The van der Waals surface area contributed by atoms with Gasteiger partial charge < -0.3 is 14.4 Å². The maximum absolute atomic E-state index is 12.0. The summed E-state index contributed by atoms with van der Waals surface area (Å²) in [4.78, 5) is 23.9. The zero-order chi connectivity index (χ0) is 13.0. The first-order valence-corrected chi connectivity index (χ1v) is 5.96. The highest BCUT2D eigenvalue weighted by Crippen LogP contribution is 2.16. The van der Waals surface area contributed by atoms with E-state index in [0.717, 1.165) is 0 Å². The van der Waals surface area contributed by atoms with Crippen LogP contribution in [0, 0.1) is 5.92 Å². The zero-order valence-corrected chi connectivity index (χ0v) is 11.2. The molecule has 6 heteroatoms. The van der Waals surface area contributed by atoms with Crippen molar-refractivity contribution in [3.05, 3.63) is 22.6 Å². The molecule has 0 aliphatic rings. The second-order valence-corrected chi connectivity index (χ2v) is 4.86. The standard InChI is InChI=1S/C11H14BrNO4/c1-7(2)5-13(6-10(14)15)11(16)8-3-4-9(12)17-8/h3-4,7H,5-6H2,1-2H3,(H,14,15). The van der Waals surface area contributed by atoms with Crippen LogP contribution in [0.25, 0.3) is 0 Å². The van der Waals surface area contributed by atoms with Crippen LogP contribution in [0.5, 0.6) is 0 Å². The van der Waals surface area contributed by atoms with E-state index in [2.05, 4.69) is 15.9 Å². The van der Waals surface area contributed by atoms with Gasteiger partial charge in [-0.2, -0.15) is 0 Å². The minimum atomic E-state index is -1.04. The summed E-state index contributed by atoms with van der Waals surface area (Å²) in [6, 6.07) is 3.11. The van der Waals surface area contributed by atoms with Crippen molar-refractivity contribution in [2.45, 2.75) is 13.8 Å². The van der Waals surface area contributed by atoms with Crippen molar-refractivity contribution in [3.63, 3.8) is 0 Å². The first kappa shape index (κ1) is 13.8. The Morgan fingerprint density at radius 2 is 2.12 bits per heavy atom. The van der Waals surface area contributed by atoms with Gasteiger partial charge in [-0.05, 0) is 34.0 Å². The maximum Gasteiger partial charge on any atom is 0.323 e. The van der Waals surface area contributed by atoms with Crippen molar-refractivity contribution in [2.24, 2.45) is 5.92 Å². The van der Waals surface area contributed by atoms with Crippen LogP contribution in [0.2, 0.25) is 0 Å². The van der Waals surface area contributed by atoms with Gasteiger partial charge in [0.25, 0.3) is 5.91 Å². The zero-order valence-electron chi connectivity index (χ0n) is 9.64. The molecule has 0 radical (unpaired) electrons. The van der Waals surface area contributed by atoms with E-state index in [9.17, 15) is 9.59 Å². The SMILES string of the molecule is CC(C)CN(CC(=O)O)C(=O)c1ccc(Br)o1. The van der Waals surface area contributed by atoms with E-state index in [0.29, 0.717) is 11.2 Å². The molecule has 0 unspecified atom stereocenters. The molecule has 0 saturated carbocycles. The Hall–Kier alpha value is -1.30. The summed E-state index contributed by atoms with van der Waals surface area (Å²) in [5.41, 5.74) is 0. The first-order valence-electron chi connectivity index (χ1n) is 5.16. The lowest BCUT2D eigenvalue weighted by molar-refractivity contribution is -0.137. The Balaban J connectivity index is 2.82. The van der Waals surface area contributed by atoms with E-state index in [1.807, 2.05) is 13.8 Å². The van der Waals surface area contributed by atoms with Crippen LogP contribution in [0.4, 0.5) is 0 Å². The molecule has 1 amide bonds. The summed E-state index contributed by atoms with van der Waals surface area (Å²) in [6.07, 6.45) is 0. The van der Waals surface area contributed by atoms with Crippen LogP contribution in [0.3, 0.4) is 0 Å². The highest BCUT2D eigenvalue weighted by atomic mass is 79.9. The van der Waals surface area contributed by atoms with Crippen LogP contribution >= 0.6 is 15.9 Å². The first-order chi connectivity index (χ1) is 7.90. The third-order valence-corrected chi connectivity index (χ3v) is 2.41. The molecule has 0 aliphatic carbocycles. The molecule has 0 fully saturated rings. The quantitative estimate of drug-likeness (QED) is 0.905. The van der Waals surface area contributed by atoms with Gasteiger partial charge in [-0.25, -0.2) is 0 Å². The molecule has 94 valence electrons. The lowest BCUT2D eigenvalue weighted by atomic mass is 10.2. The van der Waals surface area contributed by atoms with Crippen LogP contribution in [0.1, 0.15) is 24.4 Å². The number of nitrogens with zero attached hydrogens (tertiary/aromatic N) is 1. The van der Waals surface area contributed by atoms with Crippen LogP contribution in [0.15, 0.2) is 21.2 Å². The summed E-state index contributed by atoms with van der Waals surface area (Å²) >= 11 is 3.10. The molecule has 0 aliphatic heterocycles. The lowest BCUT2D eigenvalue weighted by Crippen LogP contribution is -2.38. The maximum atomic E-state index is 12.0. The molecule has 1 aromatic heterocycles. The van der Waals surface area contributed by atoms with Crippen molar-refractivity contribution < 1.29 is 19.1 Å². The number of furan rings is 1. The highest BCUT2D eigenvalue weighted by molar-refractivity contribution is 9.10. The average Bonchev–Trinajstić information content (AvgIpc) is 2.61. The predicted octanol–water partition coefficient (Wildman–Crippen LogP) is 2.22. The van der Waals surface area contributed by atoms with Crippen molar-refractivity contribution in [1.29, 1.82) is 0 Å². The molecule has 1 aromatic rings. The molecule has 0 bridgehead atoms. The van der Waals surface area contributed by atoms with Crippen LogP contribution < -0.4 is 0 Å². The van der Waals surface area contributed by atoms with Crippen LogP contribution in [-0.2, 0) is 4.79 Å². The normalized spacial score (nSPS) is 10.6. The fourth-order valence-corrected chi connectivity index (χ4v) is 1.71. The van der Waals surface area contributed by atoms with Gasteiger partial charge in [0.2, 0.25) is 0 Å². The molecule has 17 heavy (non-hydrogen) atoms. The van der Waals surface area contributed by atoms with Gasteiger partial charge in [0, 0.05) is 6.54 Å². The van der Waals surface area contributed by atoms with Crippen molar-refractivity contribution in [1.82, 2.24) is 4.90 Å². The van der Waals surface area contributed by atoms with E-state index in [-0.39, 0.29) is 18.2 Å². The smallest absolute Gasteiger partial charge is 0.323 e. The van der Waals surface area contributed by atoms with E-state index in [4.69, 9.17) is 9.52 Å². The number of carboxylic acid groups (broad SMARTS) is 1. The number of rotatable bonds is 5. The summed E-state index contributed by atoms with van der Waals surface area (Å²) in [7, 11) is 0. The molecule has 1 N–H and O–H groups in total. The summed E-state index contributed by atoms with van der Waals surface area (Å²) in [5, 5.41) is 8.76. The fourth-order valence-electron chi connectivity index (χ4n) is 1.41. The Kier molecular flexibility index (Phi) is 4.74. The van der Waals surface area contributed by atoms with Crippen molar-refractivity contribution in [3.8, 4) is 0 Å². The minimum absolute atomic E-state index is 0.138. The molecular weight excluding hydrogens is 290 g/mol. The lowest BCUT2D eigenvalue weighted by Gasteiger charge is -2.21. The second-order valence-electron chi connectivity index (χ2n) is 4.08.